The Morgan fingerprint density at radius 3 is 2.61 bits per heavy atom. The Hall–Kier alpha value is -1.09. The quantitative estimate of drug-likeness (QED) is 0.674. The molecule has 1 N–H and O–H groups in total. The molecule has 0 saturated carbocycles. The number of hydrogen-bond donors (Lipinski definition) is 2. The highest BCUT2D eigenvalue weighted by Gasteiger charge is 2.38. The van der Waals surface area contributed by atoms with Gasteiger partial charge in [0.1, 0.15) is 9.75 Å². The van der Waals surface area contributed by atoms with Crippen LogP contribution in [0.4, 0.5) is 13.2 Å². The number of thioether (sulfide) groups is 1. The van der Waals surface area contributed by atoms with Crippen LogP contribution in [0, 0.1) is 0 Å². The average molecular weight is 298 g/mol. The first kappa shape index (κ1) is 15.0. The lowest BCUT2D eigenvalue weighted by molar-refractivity contribution is -0.192. The Kier molecular flexibility index (Phi) is 4.74. The summed E-state index contributed by atoms with van der Waals surface area (Å²) in [5.74, 6) is -2.76. The molecule has 0 amide bonds. The first-order chi connectivity index (χ1) is 8.21. The van der Waals surface area contributed by atoms with Crippen molar-refractivity contribution in [1.82, 2.24) is 4.90 Å². The molecule has 2 heterocycles. The molecule has 0 aromatic carbocycles. The second kappa shape index (κ2) is 5.70. The Balaban J connectivity index is 0.000000203. The predicted molar refractivity (Wildman–Crippen MR) is 66.5 cm³/mol. The van der Waals surface area contributed by atoms with Crippen LogP contribution < -0.4 is 0 Å². The second-order valence-corrected chi connectivity index (χ2v) is 5.06. The summed E-state index contributed by atoms with van der Waals surface area (Å²) in [6.45, 7) is 0. The smallest absolute Gasteiger partial charge is 0.475 e. The van der Waals surface area contributed by atoms with E-state index < -0.39 is 12.1 Å². The maximum atomic E-state index is 10.6. The van der Waals surface area contributed by atoms with Crippen molar-refractivity contribution in [2.45, 2.75) is 11.6 Å². The molecule has 2 aliphatic heterocycles. The van der Waals surface area contributed by atoms with E-state index in [9.17, 15) is 13.2 Å². The molecule has 1 atom stereocenters. The van der Waals surface area contributed by atoms with Crippen molar-refractivity contribution < 1.29 is 23.1 Å². The van der Waals surface area contributed by atoms with Gasteiger partial charge in [-0.15, -0.1) is 12.6 Å². The van der Waals surface area contributed by atoms with Crippen molar-refractivity contribution in [1.29, 1.82) is 0 Å². The molecule has 2 rings (SSSR count). The molecule has 0 bridgehead atoms. The number of aliphatic imine (C=N–C) groups is 1. The number of aliphatic carboxylic acids is 1. The molecule has 2 aliphatic rings. The van der Waals surface area contributed by atoms with Gasteiger partial charge in [0.15, 0.2) is 0 Å². The van der Waals surface area contributed by atoms with Crippen molar-refractivity contribution in [2.75, 3.05) is 7.05 Å². The summed E-state index contributed by atoms with van der Waals surface area (Å²) in [6.07, 6.45) is 0.992. The van der Waals surface area contributed by atoms with Gasteiger partial charge < -0.3 is 10.0 Å². The van der Waals surface area contributed by atoms with E-state index in [4.69, 9.17) is 9.90 Å². The number of halogens is 3. The van der Waals surface area contributed by atoms with E-state index >= 15 is 0 Å². The lowest BCUT2D eigenvalue weighted by atomic mass is 10.3. The molecule has 0 aliphatic carbocycles. The van der Waals surface area contributed by atoms with Gasteiger partial charge in [-0.2, -0.15) is 13.2 Å². The van der Waals surface area contributed by atoms with Crippen LogP contribution in [0.1, 0.15) is 0 Å². The zero-order chi connectivity index (χ0) is 13.9. The van der Waals surface area contributed by atoms with Gasteiger partial charge in [0.05, 0.1) is 5.70 Å². The van der Waals surface area contributed by atoms with Crippen LogP contribution in [-0.4, -0.2) is 38.9 Å². The summed E-state index contributed by atoms with van der Waals surface area (Å²) >= 11 is 5.88. The molecule has 9 heteroatoms. The minimum atomic E-state index is -5.08. The number of carboxylic acids is 1. The fraction of sp³-hybridized carbons (Fsp3) is 0.333. The number of alkyl halides is 3. The summed E-state index contributed by atoms with van der Waals surface area (Å²) in [5.41, 5.74) is 1.10. The van der Waals surface area contributed by atoms with Gasteiger partial charge in [0, 0.05) is 13.2 Å². The highest BCUT2D eigenvalue weighted by molar-refractivity contribution is 8.33. The zero-order valence-corrected chi connectivity index (χ0v) is 10.8. The van der Waals surface area contributed by atoms with Gasteiger partial charge in [0.25, 0.3) is 0 Å². The molecule has 100 valence electrons. The molecule has 4 nitrogen and oxygen atoms in total. The fourth-order valence-corrected chi connectivity index (χ4v) is 2.38. The van der Waals surface area contributed by atoms with E-state index in [1.54, 1.807) is 11.8 Å². The van der Waals surface area contributed by atoms with Crippen molar-refractivity contribution >= 4 is 34.7 Å². The number of nitrogens with zero attached hydrogens (tertiary/aromatic N) is 2. The number of fused-ring (bicyclic) bond motifs is 1. The van der Waals surface area contributed by atoms with Crippen LogP contribution >= 0.6 is 24.4 Å². The van der Waals surface area contributed by atoms with Crippen LogP contribution in [0.2, 0.25) is 0 Å². The number of rotatable bonds is 0. The van der Waals surface area contributed by atoms with E-state index in [2.05, 4.69) is 22.5 Å². The van der Waals surface area contributed by atoms with Crippen molar-refractivity contribution in [2.24, 2.45) is 4.99 Å². The number of carbonyl (C=O) groups is 1. The summed E-state index contributed by atoms with van der Waals surface area (Å²) in [4.78, 5) is 15.3. The molecule has 1 unspecified atom stereocenters. The number of likely N-dealkylation sites (N-methyl/N-ethyl adjacent to an activating group) is 1. The lowest BCUT2D eigenvalue weighted by Crippen LogP contribution is -2.24. The van der Waals surface area contributed by atoms with Gasteiger partial charge in [-0.25, -0.2) is 9.79 Å². The van der Waals surface area contributed by atoms with Crippen LogP contribution in [0.5, 0.6) is 0 Å². The summed E-state index contributed by atoms with van der Waals surface area (Å²) < 4.78 is 32.6. The van der Waals surface area contributed by atoms with Crippen molar-refractivity contribution in [3.8, 4) is 0 Å². The second-order valence-electron chi connectivity index (χ2n) is 3.27. The van der Waals surface area contributed by atoms with E-state index in [1.807, 2.05) is 25.4 Å². The number of allylic oxidation sites excluding steroid dienone is 2. The zero-order valence-electron chi connectivity index (χ0n) is 9.05. The average Bonchev–Trinajstić information content (AvgIpc) is 2.59. The number of thiol groups is 1. The topological polar surface area (TPSA) is 52.9 Å². The van der Waals surface area contributed by atoms with E-state index in [-0.39, 0.29) is 0 Å². The monoisotopic (exact) mass is 298 g/mol. The minimum Gasteiger partial charge on any atom is -0.475 e. The van der Waals surface area contributed by atoms with E-state index in [0.717, 1.165) is 10.1 Å². The molecular formula is C9H9F3N2O2S2. The van der Waals surface area contributed by atoms with Crippen LogP contribution in [0.15, 0.2) is 29.0 Å². The molecule has 0 radical (unpaired) electrons. The van der Waals surface area contributed by atoms with E-state index in [0.29, 0.717) is 5.37 Å². The third kappa shape index (κ3) is 3.98. The van der Waals surface area contributed by atoms with Crippen molar-refractivity contribution in [3.05, 3.63) is 24.0 Å². The lowest BCUT2D eigenvalue weighted by Gasteiger charge is -2.23. The number of hydrogen-bond acceptors (Lipinski definition) is 4. The maximum Gasteiger partial charge on any atom is 0.490 e. The van der Waals surface area contributed by atoms with Crippen molar-refractivity contribution in [3.63, 3.8) is 0 Å². The molecule has 0 aromatic rings. The largest absolute Gasteiger partial charge is 0.490 e. The van der Waals surface area contributed by atoms with Gasteiger partial charge >= 0.3 is 12.1 Å². The van der Waals surface area contributed by atoms with Crippen LogP contribution in [0.3, 0.4) is 0 Å². The Labute approximate surface area is 111 Å². The molecule has 18 heavy (non-hydrogen) atoms. The van der Waals surface area contributed by atoms with E-state index in [1.165, 1.54) is 0 Å². The summed E-state index contributed by atoms with van der Waals surface area (Å²) in [6, 6.07) is 0. The maximum absolute atomic E-state index is 10.6. The first-order valence-electron chi connectivity index (χ1n) is 4.56. The van der Waals surface area contributed by atoms with Gasteiger partial charge in [-0.1, -0.05) is 11.8 Å². The predicted octanol–water partition coefficient (Wildman–Crippen LogP) is 2.32. The SMILES string of the molecule is CN1C=CC=C2N=C(S)SC21.O=C(O)C(F)(F)F. The highest BCUT2D eigenvalue weighted by Crippen LogP contribution is 2.35. The third-order valence-electron chi connectivity index (χ3n) is 1.90. The van der Waals surface area contributed by atoms with Gasteiger partial charge in [-0.05, 0) is 12.2 Å². The first-order valence-corrected chi connectivity index (χ1v) is 5.89. The summed E-state index contributed by atoms with van der Waals surface area (Å²) in [7, 11) is 2.04. The molecule has 0 aromatic heterocycles. The standard InChI is InChI=1S/C7H8N2S2.C2HF3O2/c1-9-4-2-3-5-6(9)11-7(10)8-5;3-2(4,5)1(6)7/h2-4,6H,1H3,(H,8,10);(H,6,7). The molecule has 0 spiro atoms. The highest BCUT2D eigenvalue weighted by atomic mass is 32.2. The third-order valence-corrected chi connectivity index (χ3v) is 3.41. The Morgan fingerprint density at radius 2 is 2.17 bits per heavy atom. The van der Waals surface area contributed by atoms with Crippen LogP contribution in [0.25, 0.3) is 0 Å². The fourth-order valence-electron chi connectivity index (χ4n) is 1.12. The van der Waals surface area contributed by atoms with Gasteiger partial charge in [-0.3, -0.25) is 0 Å². The summed E-state index contributed by atoms with van der Waals surface area (Å²) in [5, 5.41) is 7.48. The van der Waals surface area contributed by atoms with Crippen LogP contribution in [-0.2, 0) is 4.79 Å². The Bertz CT molecular complexity index is 432. The molecule has 0 fully saturated rings. The normalized spacial score (nSPS) is 21.6. The minimum absolute atomic E-state index is 0.354. The van der Waals surface area contributed by atoms with Gasteiger partial charge in [0.2, 0.25) is 0 Å². The number of carboxylic acid groups (broad SMARTS) is 1. The Morgan fingerprint density at radius 1 is 1.61 bits per heavy atom. The molecular weight excluding hydrogens is 289 g/mol. The molecule has 0 saturated heterocycles.